The standard InChI is InChI=1S/C13H10Cl2N4/c1-7-5-10(8-3-2-4-9(14)12(8)15)19-11(6-7)17-13(16)18-19/h2-6H,1H3,(H2,16,18). The summed E-state index contributed by atoms with van der Waals surface area (Å²) in [6, 6.07) is 9.36. The van der Waals surface area contributed by atoms with E-state index >= 15 is 0 Å². The number of nitrogen functional groups attached to an aromatic ring is 1. The van der Waals surface area contributed by atoms with Crippen molar-refractivity contribution in [3.63, 3.8) is 0 Å². The number of pyridine rings is 1. The minimum Gasteiger partial charge on any atom is -0.366 e. The summed E-state index contributed by atoms with van der Waals surface area (Å²) < 4.78 is 1.67. The lowest BCUT2D eigenvalue weighted by molar-refractivity contribution is 0.973. The summed E-state index contributed by atoms with van der Waals surface area (Å²) in [5, 5.41) is 5.18. The van der Waals surface area contributed by atoms with E-state index in [-0.39, 0.29) is 5.95 Å². The number of nitrogens with two attached hydrogens (primary N) is 1. The van der Waals surface area contributed by atoms with Gasteiger partial charge in [0.05, 0.1) is 15.7 Å². The molecule has 4 nitrogen and oxygen atoms in total. The Bertz CT molecular complexity index is 780. The molecular formula is C13H10Cl2N4. The summed E-state index contributed by atoms with van der Waals surface area (Å²) >= 11 is 12.3. The predicted octanol–water partition coefficient (Wildman–Crippen LogP) is 3.59. The van der Waals surface area contributed by atoms with Gasteiger partial charge in [-0.1, -0.05) is 35.3 Å². The molecule has 1 aromatic carbocycles. The molecule has 0 aliphatic carbocycles. The number of halogens is 2. The van der Waals surface area contributed by atoms with Crippen LogP contribution < -0.4 is 5.73 Å². The van der Waals surface area contributed by atoms with Gasteiger partial charge in [-0.15, -0.1) is 5.10 Å². The normalized spacial score (nSPS) is 11.1. The number of fused-ring (bicyclic) bond motifs is 1. The van der Waals surface area contributed by atoms with Crippen LogP contribution in [0.15, 0.2) is 30.3 Å². The number of hydrogen-bond donors (Lipinski definition) is 1. The van der Waals surface area contributed by atoms with Crippen LogP contribution in [0.1, 0.15) is 5.56 Å². The average Bonchev–Trinajstić information content (AvgIpc) is 2.72. The Hall–Kier alpha value is -1.78. The topological polar surface area (TPSA) is 56.2 Å². The lowest BCUT2D eigenvalue weighted by Gasteiger charge is -2.08. The summed E-state index contributed by atoms with van der Waals surface area (Å²) in [5.74, 6) is 0.227. The van der Waals surface area contributed by atoms with Gasteiger partial charge in [0.25, 0.3) is 0 Å². The molecule has 0 bridgehead atoms. The van der Waals surface area contributed by atoms with Crippen molar-refractivity contribution in [2.24, 2.45) is 0 Å². The summed E-state index contributed by atoms with van der Waals surface area (Å²) in [5.41, 5.74) is 9.00. The molecule has 0 spiro atoms. The van der Waals surface area contributed by atoms with E-state index in [0.717, 1.165) is 16.8 Å². The molecule has 96 valence electrons. The highest BCUT2D eigenvalue weighted by molar-refractivity contribution is 6.43. The molecule has 0 radical (unpaired) electrons. The van der Waals surface area contributed by atoms with Crippen molar-refractivity contribution >= 4 is 34.8 Å². The van der Waals surface area contributed by atoms with Gasteiger partial charge in [-0.3, -0.25) is 0 Å². The zero-order valence-corrected chi connectivity index (χ0v) is 11.6. The highest BCUT2D eigenvalue weighted by Crippen LogP contribution is 2.33. The molecule has 2 N–H and O–H groups in total. The van der Waals surface area contributed by atoms with Crippen LogP contribution in [0.2, 0.25) is 10.0 Å². The maximum atomic E-state index is 6.26. The molecule has 0 aliphatic heterocycles. The predicted molar refractivity (Wildman–Crippen MR) is 77.6 cm³/mol. The van der Waals surface area contributed by atoms with Gasteiger partial charge in [-0.05, 0) is 30.7 Å². The van der Waals surface area contributed by atoms with E-state index in [1.54, 1.807) is 10.6 Å². The first-order valence-corrected chi connectivity index (χ1v) is 6.39. The van der Waals surface area contributed by atoms with Crippen molar-refractivity contribution in [3.8, 4) is 11.3 Å². The maximum absolute atomic E-state index is 6.26. The van der Waals surface area contributed by atoms with E-state index in [0.29, 0.717) is 15.7 Å². The average molecular weight is 293 g/mol. The molecule has 3 aromatic rings. The third kappa shape index (κ3) is 2.03. The molecule has 19 heavy (non-hydrogen) atoms. The van der Waals surface area contributed by atoms with Crippen molar-refractivity contribution in [1.29, 1.82) is 0 Å². The first kappa shape index (κ1) is 12.3. The monoisotopic (exact) mass is 292 g/mol. The molecule has 6 heteroatoms. The van der Waals surface area contributed by atoms with Crippen LogP contribution in [0.3, 0.4) is 0 Å². The first-order chi connectivity index (χ1) is 9.06. The number of aromatic nitrogens is 3. The van der Waals surface area contributed by atoms with E-state index in [9.17, 15) is 0 Å². The van der Waals surface area contributed by atoms with Crippen molar-refractivity contribution in [2.75, 3.05) is 5.73 Å². The second-order valence-electron chi connectivity index (χ2n) is 4.26. The van der Waals surface area contributed by atoms with E-state index in [4.69, 9.17) is 28.9 Å². The molecule has 0 saturated heterocycles. The van der Waals surface area contributed by atoms with E-state index < -0.39 is 0 Å². The lowest BCUT2D eigenvalue weighted by atomic mass is 10.1. The van der Waals surface area contributed by atoms with Gasteiger partial charge in [0, 0.05) is 5.56 Å². The molecule has 0 amide bonds. The van der Waals surface area contributed by atoms with Crippen LogP contribution in [0.5, 0.6) is 0 Å². The van der Waals surface area contributed by atoms with Gasteiger partial charge in [0.15, 0.2) is 5.65 Å². The number of hydrogen-bond acceptors (Lipinski definition) is 3. The number of nitrogens with zero attached hydrogens (tertiary/aromatic N) is 3. The van der Waals surface area contributed by atoms with E-state index in [1.807, 2.05) is 31.2 Å². The second-order valence-corrected chi connectivity index (χ2v) is 5.04. The maximum Gasteiger partial charge on any atom is 0.240 e. The van der Waals surface area contributed by atoms with Gasteiger partial charge in [0.1, 0.15) is 0 Å². The smallest absolute Gasteiger partial charge is 0.240 e. The third-order valence-corrected chi connectivity index (χ3v) is 3.64. The van der Waals surface area contributed by atoms with Gasteiger partial charge in [-0.25, -0.2) is 4.52 Å². The highest BCUT2D eigenvalue weighted by atomic mass is 35.5. The largest absolute Gasteiger partial charge is 0.366 e. The quantitative estimate of drug-likeness (QED) is 0.746. The van der Waals surface area contributed by atoms with E-state index in [2.05, 4.69) is 10.1 Å². The Morgan fingerprint density at radius 2 is 2.00 bits per heavy atom. The summed E-state index contributed by atoms with van der Waals surface area (Å²) in [7, 11) is 0. The highest BCUT2D eigenvalue weighted by Gasteiger charge is 2.13. The molecule has 0 saturated carbocycles. The van der Waals surface area contributed by atoms with Crippen LogP contribution in [-0.4, -0.2) is 14.6 Å². The SMILES string of the molecule is Cc1cc(-c2cccc(Cl)c2Cl)n2nc(N)nc2c1. The fraction of sp³-hybridized carbons (Fsp3) is 0.0769. The van der Waals surface area contributed by atoms with Crippen LogP contribution >= 0.6 is 23.2 Å². The lowest BCUT2D eigenvalue weighted by Crippen LogP contribution is -1.96. The third-order valence-electron chi connectivity index (χ3n) is 2.83. The Morgan fingerprint density at radius 3 is 2.79 bits per heavy atom. The van der Waals surface area contributed by atoms with Crippen molar-refractivity contribution < 1.29 is 0 Å². The van der Waals surface area contributed by atoms with Gasteiger partial charge in [0.2, 0.25) is 5.95 Å². The second kappa shape index (κ2) is 4.40. The number of anilines is 1. The van der Waals surface area contributed by atoms with Gasteiger partial charge < -0.3 is 5.73 Å². The first-order valence-electron chi connectivity index (χ1n) is 5.63. The van der Waals surface area contributed by atoms with Crippen LogP contribution in [-0.2, 0) is 0 Å². The number of rotatable bonds is 1. The van der Waals surface area contributed by atoms with Crippen molar-refractivity contribution in [3.05, 3.63) is 45.9 Å². The Morgan fingerprint density at radius 1 is 1.21 bits per heavy atom. The zero-order chi connectivity index (χ0) is 13.6. The summed E-state index contributed by atoms with van der Waals surface area (Å²) in [6.07, 6.45) is 0. The molecule has 2 heterocycles. The Labute approximate surface area is 119 Å². The molecule has 3 rings (SSSR count). The molecular weight excluding hydrogens is 283 g/mol. The molecule has 0 unspecified atom stereocenters. The number of aryl methyl sites for hydroxylation is 1. The van der Waals surface area contributed by atoms with Crippen molar-refractivity contribution in [1.82, 2.24) is 14.6 Å². The minimum atomic E-state index is 0.227. The molecule has 0 aliphatic rings. The van der Waals surface area contributed by atoms with Gasteiger partial charge >= 0.3 is 0 Å². The Kier molecular flexibility index (Phi) is 2.84. The van der Waals surface area contributed by atoms with Gasteiger partial charge in [-0.2, -0.15) is 4.98 Å². The Balaban J connectivity index is 2.38. The molecule has 0 atom stereocenters. The molecule has 2 aromatic heterocycles. The molecule has 0 fully saturated rings. The van der Waals surface area contributed by atoms with Crippen LogP contribution in [0, 0.1) is 6.92 Å². The fourth-order valence-corrected chi connectivity index (χ4v) is 2.42. The zero-order valence-electron chi connectivity index (χ0n) is 10.1. The van der Waals surface area contributed by atoms with Crippen LogP contribution in [0.4, 0.5) is 5.95 Å². The summed E-state index contributed by atoms with van der Waals surface area (Å²) in [6.45, 7) is 1.98. The van der Waals surface area contributed by atoms with Crippen LogP contribution in [0.25, 0.3) is 16.9 Å². The number of benzene rings is 1. The van der Waals surface area contributed by atoms with Crippen molar-refractivity contribution in [2.45, 2.75) is 6.92 Å². The van der Waals surface area contributed by atoms with E-state index in [1.165, 1.54) is 0 Å². The fourth-order valence-electron chi connectivity index (χ4n) is 2.03. The summed E-state index contributed by atoms with van der Waals surface area (Å²) in [4.78, 5) is 4.17. The minimum absolute atomic E-state index is 0.227.